The third kappa shape index (κ3) is 0.496. The van der Waals surface area contributed by atoms with Crippen LogP contribution in [-0.2, 0) is 0 Å². The van der Waals surface area contributed by atoms with Crippen LogP contribution in [0.5, 0.6) is 0 Å². The molecule has 1 nitrogen and oxygen atoms in total. The molecule has 2 fully saturated rings. The topological polar surface area (TPSA) is 3.24 Å². The van der Waals surface area contributed by atoms with Crippen molar-refractivity contribution in [2.24, 2.45) is 11.8 Å². The smallest absolute Gasteiger partial charge is 0.185 e. The standard InChI is InChI=1S/C5H10BN/c6-7-2-4-1-5(4)3-7/h4-5H,1-3,6H2/t4-,5+. The Bertz CT molecular complexity index is 84.1. The molecule has 0 aromatic heterocycles. The van der Waals surface area contributed by atoms with Crippen molar-refractivity contribution >= 4 is 7.98 Å². The summed E-state index contributed by atoms with van der Waals surface area (Å²) in [6.07, 6.45) is 1.53. The Morgan fingerprint density at radius 1 is 1.29 bits per heavy atom. The average molecular weight is 95.0 g/mol. The molecule has 0 N–H and O–H groups in total. The molecule has 2 aliphatic rings. The highest BCUT2D eigenvalue weighted by Crippen LogP contribution is 2.43. The second-order valence-corrected chi connectivity index (χ2v) is 2.98. The molecule has 1 saturated heterocycles. The Morgan fingerprint density at radius 3 is 2.14 bits per heavy atom. The molecule has 0 aromatic rings. The zero-order chi connectivity index (χ0) is 4.85. The molecule has 1 aliphatic carbocycles. The number of hydrogen-bond donors (Lipinski definition) is 0. The van der Waals surface area contributed by atoms with E-state index in [1.165, 1.54) is 19.5 Å². The first-order valence-corrected chi connectivity index (χ1v) is 3.05. The first-order chi connectivity index (χ1) is 3.36. The molecular formula is C5H10BN. The van der Waals surface area contributed by atoms with E-state index >= 15 is 0 Å². The van der Waals surface area contributed by atoms with E-state index < -0.39 is 0 Å². The van der Waals surface area contributed by atoms with Crippen molar-refractivity contribution in [3.05, 3.63) is 0 Å². The molecule has 0 spiro atoms. The van der Waals surface area contributed by atoms with Crippen molar-refractivity contribution in [2.45, 2.75) is 6.42 Å². The normalized spacial score (nSPS) is 49.1. The minimum atomic E-state index is 1.12. The van der Waals surface area contributed by atoms with Crippen molar-refractivity contribution < 1.29 is 0 Å². The molecule has 0 bridgehead atoms. The highest BCUT2D eigenvalue weighted by atomic mass is 15.1. The highest BCUT2D eigenvalue weighted by Gasteiger charge is 2.42. The van der Waals surface area contributed by atoms with Crippen molar-refractivity contribution in [3.8, 4) is 0 Å². The maximum Gasteiger partial charge on any atom is 0.185 e. The van der Waals surface area contributed by atoms with Gasteiger partial charge in [0.2, 0.25) is 0 Å². The number of rotatable bonds is 0. The van der Waals surface area contributed by atoms with Crippen molar-refractivity contribution in [1.82, 2.24) is 4.81 Å². The summed E-state index contributed by atoms with van der Waals surface area (Å²) in [4.78, 5) is 2.43. The molecule has 2 heteroatoms. The maximum atomic E-state index is 2.43. The second-order valence-electron chi connectivity index (χ2n) is 2.98. The fourth-order valence-electron chi connectivity index (χ4n) is 1.63. The van der Waals surface area contributed by atoms with Crippen LogP contribution in [0.1, 0.15) is 6.42 Å². The van der Waals surface area contributed by atoms with Crippen molar-refractivity contribution in [2.75, 3.05) is 13.1 Å². The molecule has 1 aliphatic heterocycles. The molecule has 38 valence electrons. The zero-order valence-electron chi connectivity index (χ0n) is 4.72. The lowest BCUT2D eigenvalue weighted by molar-refractivity contribution is 0.499. The molecule has 1 saturated carbocycles. The average Bonchev–Trinajstić information content (AvgIpc) is 2.15. The second kappa shape index (κ2) is 1.05. The zero-order valence-corrected chi connectivity index (χ0v) is 4.72. The van der Waals surface area contributed by atoms with E-state index in [4.69, 9.17) is 0 Å². The lowest BCUT2D eigenvalue weighted by atomic mass is 10.3. The maximum absolute atomic E-state index is 2.43. The Morgan fingerprint density at radius 2 is 1.86 bits per heavy atom. The van der Waals surface area contributed by atoms with Crippen LogP contribution in [0.3, 0.4) is 0 Å². The first kappa shape index (κ1) is 3.96. The van der Waals surface area contributed by atoms with Gasteiger partial charge in [-0.05, 0) is 31.3 Å². The van der Waals surface area contributed by atoms with Crippen molar-refractivity contribution in [1.29, 1.82) is 0 Å². The molecule has 2 atom stereocenters. The van der Waals surface area contributed by atoms with Crippen LogP contribution in [0.25, 0.3) is 0 Å². The summed E-state index contributed by atoms with van der Waals surface area (Å²) in [6, 6.07) is 0. The van der Waals surface area contributed by atoms with Gasteiger partial charge in [-0.3, -0.25) is 0 Å². The Kier molecular flexibility index (Phi) is 0.595. The van der Waals surface area contributed by atoms with Gasteiger partial charge in [0.25, 0.3) is 0 Å². The predicted octanol–water partition coefficient (Wildman–Crippen LogP) is -0.514. The predicted molar refractivity (Wildman–Crippen MR) is 31.7 cm³/mol. The summed E-state index contributed by atoms with van der Waals surface area (Å²) in [5.41, 5.74) is 0. The summed E-state index contributed by atoms with van der Waals surface area (Å²) in [7, 11) is 2.21. The van der Waals surface area contributed by atoms with Gasteiger partial charge in [-0.25, -0.2) is 0 Å². The van der Waals surface area contributed by atoms with Crippen LogP contribution in [0.4, 0.5) is 0 Å². The van der Waals surface area contributed by atoms with E-state index in [1.54, 1.807) is 0 Å². The van der Waals surface area contributed by atoms with Gasteiger partial charge in [-0.1, -0.05) is 0 Å². The molecule has 0 unspecified atom stereocenters. The van der Waals surface area contributed by atoms with E-state index in [0.717, 1.165) is 11.8 Å². The SMILES string of the molecule is BN1C[C@H]2C[C@H]2C1. The van der Waals surface area contributed by atoms with Crippen LogP contribution < -0.4 is 0 Å². The minimum absolute atomic E-state index is 1.12. The van der Waals surface area contributed by atoms with Gasteiger partial charge in [-0.15, -0.1) is 0 Å². The highest BCUT2D eigenvalue weighted by molar-refractivity contribution is 6.04. The summed E-state index contributed by atoms with van der Waals surface area (Å²) in [6.45, 7) is 2.76. The van der Waals surface area contributed by atoms with E-state index in [1.807, 2.05) is 0 Å². The molecule has 7 heavy (non-hydrogen) atoms. The lowest BCUT2D eigenvalue weighted by Crippen LogP contribution is -2.17. The molecule has 0 radical (unpaired) electrons. The van der Waals surface area contributed by atoms with Crippen LogP contribution in [0.2, 0.25) is 0 Å². The fraction of sp³-hybridized carbons (Fsp3) is 1.00. The van der Waals surface area contributed by atoms with E-state index in [0.29, 0.717) is 0 Å². The quantitative estimate of drug-likeness (QED) is 0.366. The van der Waals surface area contributed by atoms with Crippen LogP contribution in [0.15, 0.2) is 0 Å². The first-order valence-electron chi connectivity index (χ1n) is 3.05. The van der Waals surface area contributed by atoms with Crippen LogP contribution >= 0.6 is 0 Å². The third-order valence-electron chi connectivity index (χ3n) is 2.16. The van der Waals surface area contributed by atoms with Crippen LogP contribution in [0, 0.1) is 11.8 Å². The largest absolute Gasteiger partial charge is 0.348 e. The van der Waals surface area contributed by atoms with E-state index in [9.17, 15) is 0 Å². The Hall–Kier alpha value is 0.0249. The molecule has 0 aromatic carbocycles. The molecule has 1 heterocycles. The van der Waals surface area contributed by atoms with Gasteiger partial charge in [0.15, 0.2) is 7.98 Å². The minimum Gasteiger partial charge on any atom is -0.348 e. The third-order valence-corrected chi connectivity index (χ3v) is 2.16. The van der Waals surface area contributed by atoms with Gasteiger partial charge in [0.1, 0.15) is 0 Å². The van der Waals surface area contributed by atoms with Gasteiger partial charge in [-0.2, -0.15) is 0 Å². The van der Waals surface area contributed by atoms with Crippen LogP contribution in [-0.4, -0.2) is 25.9 Å². The number of hydrogen-bond acceptors (Lipinski definition) is 1. The van der Waals surface area contributed by atoms with Crippen molar-refractivity contribution in [3.63, 3.8) is 0 Å². The van der Waals surface area contributed by atoms with Gasteiger partial charge >= 0.3 is 0 Å². The van der Waals surface area contributed by atoms with E-state index in [-0.39, 0.29) is 0 Å². The Labute approximate surface area is 45.1 Å². The molecule has 2 rings (SSSR count). The monoisotopic (exact) mass is 95.1 g/mol. The van der Waals surface area contributed by atoms with E-state index in [2.05, 4.69) is 12.8 Å². The van der Waals surface area contributed by atoms with Gasteiger partial charge in [0.05, 0.1) is 0 Å². The number of fused-ring (bicyclic) bond motifs is 1. The number of piperidine rings is 1. The fourth-order valence-corrected chi connectivity index (χ4v) is 1.63. The summed E-state index contributed by atoms with van der Waals surface area (Å²) in [5.74, 6) is 2.23. The lowest BCUT2D eigenvalue weighted by Gasteiger charge is -2.07. The summed E-state index contributed by atoms with van der Waals surface area (Å²) in [5, 5.41) is 0. The molecular weight excluding hydrogens is 84.9 g/mol. The Balaban J connectivity index is 2.02. The van der Waals surface area contributed by atoms with Gasteiger partial charge in [0, 0.05) is 0 Å². The summed E-state index contributed by atoms with van der Waals surface area (Å²) < 4.78 is 0. The number of nitrogens with zero attached hydrogens (tertiary/aromatic N) is 1. The summed E-state index contributed by atoms with van der Waals surface area (Å²) >= 11 is 0. The van der Waals surface area contributed by atoms with Gasteiger partial charge < -0.3 is 4.81 Å². The molecule has 0 amide bonds.